The van der Waals surface area contributed by atoms with Gasteiger partial charge in [0.05, 0.1) is 11.4 Å². The largest absolute Gasteiger partial charge is 0.379 e. The third-order valence-corrected chi connectivity index (χ3v) is 4.83. The Hall–Kier alpha value is -2.30. The number of nitrogens with zero attached hydrogens (tertiary/aromatic N) is 3. The van der Waals surface area contributed by atoms with Gasteiger partial charge in [-0.1, -0.05) is 41.9 Å². The van der Waals surface area contributed by atoms with Crippen molar-refractivity contribution in [2.24, 2.45) is 0 Å². The Morgan fingerprint density at radius 3 is 2.80 bits per heavy atom. The van der Waals surface area contributed by atoms with Crippen LogP contribution in [-0.4, -0.2) is 33.8 Å². The van der Waals surface area contributed by atoms with Crippen molar-refractivity contribution in [3.63, 3.8) is 0 Å². The van der Waals surface area contributed by atoms with Gasteiger partial charge in [0.2, 0.25) is 0 Å². The monoisotopic (exact) mass is 352 g/mol. The molecule has 4 rings (SSSR count). The van der Waals surface area contributed by atoms with E-state index < -0.39 is 0 Å². The Morgan fingerprint density at radius 1 is 1.12 bits per heavy atom. The van der Waals surface area contributed by atoms with Crippen molar-refractivity contribution < 1.29 is 0 Å². The lowest BCUT2D eigenvalue weighted by atomic mass is 10.2. The summed E-state index contributed by atoms with van der Waals surface area (Å²) in [5, 5.41) is 8.75. The number of rotatable bonds is 5. The molecule has 3 aromatic rings. The highest BCUT2D eigenvalue weighted by Crippen LogP contribution is 2.26. The molecular formula is C20H21ClN4. The molecule has 1 unspecified atom stereocenters. The van der Waals surface area contributed by atoms with E-state index in [-0.39, 0.29) is 0 Å². The van der Waals surface area contributed by atoms with E-state index in [1.165, 1.54) is 5.56 Å². The zero-order chi connectivity index (χ0) is 17.1. The van der Waals surface area contributed by atoms with Gasteiger partial charge in [-0.2, -0.15) is 5.10 Å². The number of aromatic nitrogens is 2. The Kier molecular flexibility index (Phi) is 4.72. The van der Waals surface area contributed by atoms with Crippen LogP contribution in [0.15, 0.2) is 67.0 Å². The second-order valence-corrected chi connectivity index (χ2v) is 6.90. The van der Waals surface area contributed by atoms with Crippen LogP contribution in [0.4, 0.5) is 5.69 Å². The van der Waals surface area contributed by atoms with Crippen LogP contribution < -0.4 is 5.32 Å². The number of nitrogens with one attached hydrogen (secondary N) is 1. The Labute approximate surface area is 153 Å². The van der Waals surface area contributed by atoms with E-state index in [0.29, 0.717) is 6.04 Å². The lowest BCUT2D eigenvalue weighted by molar-refractivity contribution is 0.328. The molecule has 0 bridgehead atoms. The van der Waals surface area contributed by atoms with Crippen LogP contribution in [0.1, 0.15) is 12.0 Å². The Balaban J connectivity index is 1.45. The highest BCUT2D eigenvalue weighted by molar-refractivity contribution is 6.31. The van der Waals surface area contributed by atoms with Gasteiger partial charge in [-0.15, -0.1) is 0 Å². The molecule has 0 amide bonds. The van der Waals surface area contributed by atoms with Crippen molar-refractivity contribution in [1.29, 1.82) is 0 Å². The van der Waals surface area contributed by atoms with Crippen LogP contribution in [0, 0.1) is 0 Å². The highest BCUT2D eigenvalue weighted by Gasteiger charge is 2.23. The molecule has 2 aromatic carbocycles. The van der Waals surface area contributed by atoms with Crippen molar-refractivity contribution in [2.75, 3.05) is 18.4 Å². The minimum Gasteiger partial charge on any atom is -0.379 e. The summed E-state index contributed by atoms with van der Waals surface area (Å²) >= 11 is 6.22. The minimum absolute atomic E-state index is 0.413. The van der Waals surface area contributed by atoms with Gasteiger partial charge in [0.15, 0.2) is 0 Å². The minimum atomic E-state index is 0.413. The standard InChI is InChI=1S/C20H21ClN4/c21-17-7-8-20(25-11-4-10-22-25)19(13-17)23-18-9-12-24(15-18)14-16-5-2-1-3-6-16/h1-8,10-11,13,18,23H,9,12,14-15H2. The van der Waals surface area contributed by atoms with Gasteiger partial charge >= 0.3 is 0 Å². The summed E-state index contributed by atoms with van der Waals surface area (Å²) < 4.78 is 1.87. The molecule has 1 N–H and O–H groups in total. The average Bonchev–Trinajstić information content (AvgIpc) is 3.28. The summed E-state index contributed by atoms with van der Waals surface area (Å²) in [6.45, 7) is 3.13. The van der Waals surface area contributed by atoms with E-state index in [0.717, 1.165) is 42.5 Å². The second kappa shape index (κ2) is 7.30. The Bertz CT molecular complexity index is 817. The summed E-state index contributed by atoms with van der Waals surface area (Å²) in [5.41, 5.74) is 3.42. The molecule has 5 heteroatoms. The molecule has 1 atom stereocenters. The van der Waals surface area contributed by atoms with E-state index in [2.05, 4.69) is 45.6 Å². The maximum Gasteiger partial charge on any atom is 0.0877 e. The predicted octanol–water partition coefficient (Wildman–Crippen LogP) is 4.21. The molecule has 1 aliphatic rings. The quantitative estimate of drug-likeness (QED) is 0.746. The first-order chi connectivity index (χ1) is 12.3. The van der Waals surface area contributed by atoms with Gasteiger partial charge in [0, 0.05) is 43.1 Å². The van der Waals surface area contributed by atoms with Crippen molar-refractivity contribution in [2.45, 2.75) is 19.0 Å². The van der Waals surface area contributed by atoms with Crippen LogP contribution >= 0.6 is 11.6 Å². The average molecular weight is 353 g/mol. The van der Waals surface area contributed by atoms with Crippen LogP contribution in [0.2, 0.25) is 5.02 Å². The molecule has 128 valence electrons. The molecule has 1 saturated heterocycles. The molecular weight excluding hydrogens is 332 g/mol. The summed E-state index contributed by atoms with van der Waals surface area (Å²) in [6.07, 6.45) is 4.86. The fourth-order valence-corrected chi connectivity index (χ4v) is 3.56. The summed E-state index contributed by atoms with van der Waals surface area (Å²) in [7, 11) is 0. The van der Waals surface area contributed by atoms with Crippen molar-refractivity contribution >= 4 is 17.3 Å². The molecule has 4 nitrogen and oxygen atoms in total. The second-order valence-electron chi connectivity index (χ2n) is 6.46. The molecule has 1 aromatic heterocycles. The van der Waals surface area contributed by atoms with Crippen molar-refractivity contribution in [3.05, 3.63) is 77.6 Å². The number of benzene rings is 2. The molecule has 1 aliphatic heterocycles. The summed E-state index contributed by atoms with van der Waals surface area (Å²) in [4.78, 5) is 2.49. The number of hydrogen-bond acceptors (Lipinski definition) is 3. The lowest BCUT2D eigenvalue weighted by Gasteiger charge is -2.19. The SMILES string of the molecule is Clc1ccc(-n2cccn2)c(NC2CCN(Cc3ccccc3)C2)c1. The zero-order valence-electron chi connectivity index (χ0n) is 14.0. The topological polar surface area (TPSA) is 33.1 Å². The zero-order valence-corrected chi connectivity index (χ0v) is 14.7. The van der Waals surface area contributed by atoms with Gasteiger partial charge in [-0.3, -0.25) is 4.90 Å². The number of hydrogen-bond donors (Lipinski definition) is 1. The van der Waals surface area contributed by atoms with E-state index in [1.807, 2.05) is 35.1 Å². The first-order valence-electron chi connectivity index (χ1n) is 8.60. The Morgan fingerprint density at radius 2 is 2.00 bits per heavy atom. The molecule has 0 aliphatic carbocycles. The van der Waals surface area contributed by atoms with E-state index in [4.69, 9.17) is 11.6 Å². The first kappa shape index (κ1) is 16.2. The summed E-state index contributed by atoms with van der Waals surface area (Å²) in [5.74, 6) is 0. The van der Waals surface area contributed by atoms with Crippen LogP contribution in [0.25, 0.3) is 5.69 Å². The fraction of sp³-hybridized carbons (Fsp3) is 0.250. The first-order valence-corrected chi connectivity index (χ1v) is 8.98. The molecule has 0 radical (unpaired) electrons. The van der Waals surface area contributed by atoms with E-state index >= 15 is 0 Å². The fourth-order valence-electron chi connectivity index (χ4n) is 3.39. The lowest BCUT2D eigenvalue weighted by Crippen LogP contribution is -2.26. The van der Waals surface area contributed by atoms with Crippen LogP contribution in [0.3, 0.4) is 0 Å². The highest BCUT2D eigenvalue weighted by atomic mass is 35.5. The molecule has 1 fully saturated rings. The molecule has 0 saturated carbocycles. The number of halogens is 1. The van der Waals surface area contributed by atoms with Crippen molar-refractivity contribution in [1.82, 2.24) is 14.7 Å². The van der Waals surface area contributed by atoms with E-state index in [1.54, 1.807) is 6.20 Å². The van der Waals surface area contributed by atoms with Crippen LogP contribution in [-0.2, 0) is 6.54 Å². The molecule has 2 heterocycles. The van der Waals surface area contributed by atoms with Crippen molar-refractivity contribution in [3.8, 4) is 5.69 Å². The van der Waals surface area contributed by atoms with Gasteiger partial charge in [0.25, 0.3) is 0 Å². The van der Waals surface area contributed by atoms with Gasteiger partial charge in [0.1, 0.15) is 0 Å². The maximum absolute atomic E-state index is 6.22. The number of likely N-dealkylation sites (tertiary alicyclic amines) is 1. The molecule has 0 spiro atoms. The number of anilines is 1. The third-order valence-electron chi connectivity index (χ3n) is 4.59. The predicted molar refractivity (Wildman–Crippen MR) is 102 cm³/mol. The van der Waals surface area contributed by atoms with Gasteiger partial charge in [-0.25, -0.2) is 4.68 Å². The summed E-state index contributed by atoms with van der Waals surface area (Å²) in [6, 6.07) is 18.9. The van der Waals surface area contributed by atoms with E-state index in [9.17, 15) is 0 Å². The maximum atomic E-state index is 6.22. The van der Waals surface area contributed by atoms with Gasteiger partial charge < -0.3 is 5.32 Å². The van der Waals surface area contributed by atoms with Crippen LogP contribution in [0.5, 0.6) is 0 Å². The molecule has 25 heavy (non-hydrogen) atoms. The van der Waals surface area contributed by atoms with Gasteiger partial charge in [-0.05, 0) is 36.2 Å². The normalized spacial score (nSPS) is 17.7. The third kappa shape index (κ3) is 3.86. The smallest absolute Gasteiger partial charge is 0.0877 e.